The van der Waals surface area contributed by atoms with Crippen molar-refractivity contribution in [2.45, 2.75) is 6.61 Å². The molecule has 0 spiro atoms. The van der Waals surface area contributed by atoms with Crippen LogP contribution in [0.2, 0.25) is 0 Å². The van der Waals surface area contributed by atoms with Crippen LogP contribution >= 0.6 is 0 Å². The van der Waals surface area contributed by atoms with Crippen molar-refractivity contribution in [3.05, 3.63) is 78.1 Å². The van der Waals surface area contributed by atoms with Crippen LogP contribution in [0.1, 0.15) is 20.7 Å². The Hall–Kier alpha value is -4.01. The molecule has 2 N–H and O–H groups in total. The van der Waals surface area contributed by atoms with Crippen LogP contribution in [0.5, 0.6) is 11.5 Å². The molecule has 154 valence electrons. The first kappa shape index (κ1) is 20.7. The highest BCUT2D eigenvalue weighted by atomic mass is 19.3. The van der Waals surface area contributed by atoms with E-state index in [4.69, 9.17) is 4.74 Å². The van der Waals surface area contributed by atoms with E-state index in [9.17, 15) is 18.4 Å². The van der Waals surface area contributed by atoms with Gasteiger partial charge >= 0.3 is 6.61 Å². The number of hydrogen-bond donors (Lipinski definition) is 2. The summed E-state index contributed by atoms with van der Waals surface area (Å²) in [5, 5.41) is 5.39. The van der Waals surface area contributed by atoms with Gasteiger partial charge in [0.15, 0.2) is 11.5 Å². The standard InChI is InChI=1S/C21H17F2N3O4/c1-29-18-10-13(7-8-17(18)30-21(22)23)19(27)25-15-5-2-6-16(11-15)26-20(28)14-4-3-9-24-12-14/h2-12,21H,1H3,(H,25,27)(H,26,28). The van der Waals surface area contributed by atoms with Crippen molar-refractivity contribution in [3.63, 3.8) is 0 Å². The number of aromatic nitrogens is 1. The maximum atomic E-state index is 12.5. The van der Waals surface area contributed by atoms with Crippen LogP contribution in [-0.2, 0) is 0 Å². The number of carbonyl (C=O) groups excluding carboxylic acids is 2. The zero-order valence-electron chi connectivity index (χ0n) is 15.8. The van der Waals surface area contributed by atoms with Gasteiger partial charge in [0.05, 0.1) is 12.7 Å². The Kier molecular flexibility index (Phi) is 6.53. The van der Waals surface area contributed by atoms with Crippen molar-refractivity contribution < 1.29 is 27.8 Å². The van der Waals surface area contributed by atoms with Gasteiger partial charge in [0.1, 0.15) is 0 Å². The molecule has 3 rings (SSSR count). The number of ether oxygens (including phenoxy) is 2. The van der Waals surface area contributed by atoms with Crippen LogP contribution in [0.3, 0.4) is 0 Å². The molecule has 30 heavy (non-hydrogen) atoms. The lowest BCUT2D eigenvalue weighted by Gasteiger charge is -2.12. The van der Waals surface area contributed by atoms with E-state index in [-0.39, 0.29) is 23.0 Å². The molecule has 2 aromatic carbocycles. The van der Waals surface area contributed by atoms with E-state index < -0.39 is 12.5 Å². The van der Waals surface area contributed by atoms with Gasteiger partial charge in [0, 0.05) is 29.3 Å². The first-order valence-electron chi connectivity index (χ1n) is 8.72. The number of pyridine rings is 1. The molecular formula is C21H17F2N3O4. The summed E-state index contributed by atoms with van der Waals surface area (Å²) in [6.07, 6.45) is 3.00. The van der Waals surface area contributed by atoms with Gasteiger partial charge in [-0.1, -0.05) is 6.07 Å². The molecule has 1 aromatic heterocycles. The Balaban J connectivity index is 1.71. The second-order valence-corrected chi connectivity index (χ2v) is 5.97. The Bertz CT molecular complexity index is 1050. The molecule has 0 aliphatic rings. The van der Waals surface area contributed by atoms with Gasteiger partial charge in [-0.25, -0.2) is 0 Å². The fraction of sp³-hybridized carbons (Fsp3) is 0.0952. The molecule has 0 aliphatic carbocycles. The molecule has 2 amide bonds. The fourth-order valence-corrected chi connectivity index (χ4v) is 2.58. The van der Waals surface area contributed by atoms with Crippen LogP contribution in [0.15, 0.2) is 67.0 Å². The summed E-state index contributed by atoms with van der Waals surface area (Å²) in [6.45, 7) is -3.01. The van der Waals surface area contributed by atoms with E-state index in [0.717, 1.165) is 0 Å². The van der Waals surface area contributed by atoms with Gasteiger partial charge in [-0.05, 0) is 48.5 Å². The summed E-state index contributed by atoms with van der Waals surface area (Å²) in [7, 11) is 1.28. The zero-order chi connectivity index (χ0) is 21.5. The molecule has 0 bridgehead atoms. The lowest BCUT2D eigenvalue weighted by molar-refractivity contribution is -0.0512. The van der Waals surface area contributed by atoms with E-state index >= 15 is 0 Å². The quantitative estimate of drug-likeness (QED) is 0.606. The third-order valence-electron chi connectivity index (χ3n) is 3.94. The summed E-state index contributed by atoms with van der Waals surface area (Å²) < 4.78 is 34.2. The van der Waals surface area contributed by atoms with Crippen LogP contribution in [0, 0.1) is 0 Å². The molecule has 0 radical (unpaired) electrons. The monoisotopic (exact) mass is 413 g/mol. The van der Waals surface area contributed by atoms with E-state index in [1.165, 1.54) is 31.5 Å². The van der Waals surface area contributed by atoms with E-state index in [1.807, 2.05) is 0 Å². The minimum absolute atomic E-state index is 0.000402. The largest absolute Gasteiger partial charge is 0.493 e. The van der Waals surface area contributed by atoms with Crippen LogP contribution in [0.25, 0.3) is 0 Å². The number of rotatable bonds is 7. The van der Waals surface area contributed by atoms with Gasteiger partial charge < -0.3 is 20.1 Å². The molecule has 0 saturated carbocycles. The lowest BCUT2D eigenvalue weighted by atomic mass is 10.1. The number of halogens is 2. The molecule has 0 unspecified atom stereocenters. The Morgan fingerprint density at radius 3 is 2.20 bits per heavy atom. The molecule has 1 heterocycles. The lowest BCUT2D eigenvalue weighted by Crippen LogP contribution is -2.14. The molecule has 0 aliphatic heterocycles. The van der Waals surface area contributed by atoms with Gasteiger partial charge in [-0.15, -0.1) is 0 Å². The number of carbonyl (C=O) groups is 2. The maximum Gasteiger partial charge on any atom is 0.387 e. The first-order valence-corrected chi connectivity index (χ1v) is 8.72. The van der Waals surface area contributed by atoms with E-state index in [1.54, 1.807) is 42.6 Å². The van der Waals surface area contributed by atoms with Crippen LogP contribution in [-0.4, -0.2) is 30.5 Å². The summed E-state index contributed by atoms with van der Waals surface area (Å²) in [6, 6.07) is 13.7. The van der Waals surface area contributed by atoms with Gasteiger partial charge in [0.2, 0.25) is 0 Å². The number of methoxy groups -OCH3 is 1. The first-order chi connectivity index (χ1) is 14.5. The predicted molar refractivity (Wildman–Crippen MR) is 106 cm³/mol. The zero-order valence-corrected chi connectivity index (χ0v) is 15.8. The molecular weight excluding hydrogens is 396 g/mol. The summed E-state index contributed by atoms with van der Waals surface area (Å²) in [4.78, 5) is 28.6. The minimum Gasteiger partial charge on any atom is -0.493 e. The number of anilines is 2. The molecule has 7 nitrogen and oxygen atoms in total. The molecule has 9 heteroatoms. The number of nitrogens with zero attached hydrogens (tertiary/aromatic N) is 1. The Labute approximate surface area is 170 Å². The molecule has 0 fully saturated rings. The highest BCUT2D eigenvalue weighted by Crippen LogP contribution is 2.30. The number of benzene rings is 2. The SMILES string of the molecule is COc1cc(C(=O)Nc2cccc(NC(=O)c3cccnc3)c2)ccc1OC(F)F. The average molecular weight is 413 g/mol. The van der Waals surface area contributed by atoms with Gasteiger partial charge in [-0.3, -0.25) is 14.6 Å². The van der Waals surface area contributed by atoms with E-state index in [0.29, 0.717) is 16.9 Å². The summed E-state index contributed by atoms with van der Waals surface area (Å²) in [5.74, 6) is -1.01. The molecule has 3 aromatic rings. The van der Waals surface area contributed by atoms with Crippen LogP contribution in [0.4, 0.5) is 20.2 Å². The van der Waals surface area contributed by atoms with Gasteiger partial charge in [0.25, 0.3) is 11.8 Å². The second-order valence-electron chi connectivity index (χ2n) is 5.97. The van der Waals surface area contributed by atoms with E-state index in [2.05, 4.69) is 20.4 Å². The average Bonchev–Trinajstić information content (AvgIpc) is 2.74. The molecule has 0 atom stereocenters. The number of alkyl halides is 2. The normalized spacial score (nSPS) is 10.4. The topological polar surface area (TPSA) is 89.6 Å². The van der Waals surface area contributed by atoms with Crippen molar-refractivity contribution in [1.82, 2.24) is 4.98 Å². The van der Waals surface area contributed by atoms with Crippen molar-refractivity contribution in [1.29, 1.82) is 0 Å². The van der Waals surface area contributed by atoms with Crippen molar-refractivity contribution in [2.75, 3.05) is 17.7 Å². The second kappa shape index (κ2) is 9.46. The Morgan fingerprint density at radius 2 is 1.60 bits per heavy atom. The smallest absolute Gasteiger partial charge is 0.387 e. The fourth-order valence-electron chi connectivity index (χ4n) is 2.58. The summed E-state index contributed by atoms with van der Waals surface area (Å²) >= 11 is 0. The minimum atomic E-state index is -3.01. The highest BCUT2D eigenvalue weighted by Gasteiger charge is 2.15. The maximum absolute atomic E-state index is 12.5. The van der Waals surface area contributed by atoms with Crippen molar-refractivity contribution in [3.8, 4) is 11.5 Å². The third-order valence-corrected chi connectivity index (χ3v) is 3.94. The predicted octanol–water partition coefficient (Wildman–Crippen LogP) is 4.20. The number of nitrogens with one attached hydrogen (secondary N) is 2. The Morgan fingerprint density at radius 1 is 0.900 bits per heavy atom. The number of amides is 2. The number of hydrogen-bond acceptors (Lipinski definition) is 5. The summed E-state index contributed by atoms with van der Waals surface area (Å²) in [5.41, 5.74) is 1.47. The van der Waals surface area contributed by atoms with Crippen molar-refractivity contribution in [2.24, 2.45) is 0 Å². The highest BCUT2D eigenvalue weighted by molar-refractivity contribution is 6.06. The van der Waals surface area contributed by atoms with Crippen LogP contribution < -0.4 is 20.1 Å². The molecule has 0 saturated heterocycles. The van der Waals surface area contributed by atoms with Crippen molar-refractivity contribution >= 4 is 23.2 Å². The van der Waals surface area contributed by atoms with Gasteiger partial charge in [-0.2, -0.15) is 8.78 Å². The third kappa shape index (κ3) is 5.28.